The minimum atomic E-state index is -0.415. The Bertz CT molecular complexity index is 594. The van der Waals surface area contributed by atoms with Gasteiger partial charge in [-0.1, -0.05) is 18.2 Å². The summed E-state index contributed by atoms with van der Waals surface area (Å²) in [6, 6.07) is 8.57. The van der Waals surface area contributed by atoms with E-state index in [1.54, 1.807) is 12.1 Å². The van der Waals surface area contributed by atoms with E-state index in [0.29, 0.717) is 31.6 Å². The average Bonchev–Trinajstić information content (AvgIpc) is 2.83. The molecule has 2 heterocycles. The maximum atomic E-state index is 12.6. The number of piperidine rings is 1. The van der Waals surface area contributed by atoms with Crippen molar-refractivity contribution in [3.63, 3.8) is 0 Å². The highest BCUT2D eigenvalue weighted by molar-refractivity contribution is 6.22. The fourth-order valence-corrected chi connectivity index (χ4v) is 3.25. The van der Waals surface area contributed by atoms with Crippen LogP contribution in [0, 0.1) is 5.92 Å². The smallest absolute Gasteiger partial charge is 0.251 e. The van der Waals surface area contributed by atoms with Gasteiger partial charge in [0.25, 0.3) is 5.91 Å². The van der Waals surface area contributed by atoms with E-state index >= 15 is 0 Å². The molecule has 0 aromatic heterocycles. The van der Waals surface area contributed by atoms with Crippen molar-refractivity contribution in [2.24, 2.45) is 11.7 Å². The normalized spacial score (nSPS) is 24.0. The average molecular weight is 301 g/mol. The number of benzene rings is 1. The number of amides is 3. The van der Waals surface area contributed by atoms with Gasteiger partial charge in [0.1, 0.15) is 0 Å². The highest BCUT2D eigenvalue weighted by Gasteiger charge is 2.43. The second-order valence-corrected chi connectivity index (χ2v) is 5.84. The molecule has 2 aliphatic rings. The Morgan fingerprint density at radius 1 is 1.09 bits per heavy atom. The molecule has 0 radical (unpaired) electrons. The first kappa shape index (κ1) is 14.7. The number of nitrogens with zero attached hydrogens (tertiary/aromatic N) is 2. The van der Waals surface area contributed by atoms with Gasteiger partial charge < -0.3 is 5.73 Å². The van der Waals surface area contributed by atoms with Gasteiger partial charge in [0.2, 0.25) is 11.8 Å². The Hall–Kier alpha value is -2.21. The highest BCUT2D eigenvalue weighted by Crippen LogP contribution is 2.28. The monoisotopic (exact) mass is 301 g/mol. The van der Waals surface area contributed by atoms with Gasteiger partial charge in [-0.2, -0.15) is 0 Å². The van der Waals surface area contributed by atoms with E-state index in [4.69, 9.17) is 5.73 Å². The molecule has 6 nitrogen and oxygen atoms in total. The molecule has 1 atom stereocenters. The number of anilines is 1. The predicted octanol–water partition coefficient (Wildman–Crippen LogP) is 0.516. The van der Waals surface area contributed by atoms with Gasteiger partial charge in [0.05, 0.1) is 18.2 Å². The molecule has 2 fully saturated rings. The van der Waals surface area contributed by atoms with Crippen LogP contribution >= 0.6 is 0 Å². The highest BCUT2D eigenvalue weighted by atomic mass is 16.2. The van der Waals surface area contributed by atoms with Crippen molar-refractivity contribution in [1.82, 2.24) is 4.90 Å². The lowest BCUT2D eigenvalue weighted by Gasteiger charge is -2.33. The Kier molecular flexibility index (Phi) is 3.94. The second-order valence-electron chi connectivity index (χ2n) is 5.84. The lowest BCUT2D eigenvalue weighted by atomic mass is 9.95. The lowest BCUT2D eigenvalue weighted by Crippen LogP contribution is -2.47. The van der Waals surface area contributed by atoms with E-state index in [2.05, 4.69) is 0 Å². The van der Waals surface area contributed by atoms with Gasteiger partial charge in [-0.25, -0.2) is 4.90 Å². The van der Waals surface area contributed by atoms with Gasteiger partial charge in [-0.05, 0) is 38.1 Å². The Morgan fingerprint density at radius 3 is 2.32 bits per heavy atom. The van der Waals surface area contributed by atoms with Crippen LogP contribution in [0.25, 0.3) is 0 Å². The van der Waals surface area contributed by atoms with Crippen LogP contribution in [-0.2, 0) is 14.4 Å². The van der Waals surface area contributed by atoms with Crippen molar-refractivity contribution in [2.75, 3.05) is 18.0 Å². The van der Waals surface area contributed by atoms with Gasteiger partial charge in [-0.3, -0.25) is 19.3 Å². The fraction of sp³-hybridized carbons (Fsp3) is 0.438. The summed E-state index contributed by atoms with van der Waals surface area (Å²) in [6.07, 6.45) is 1.51. The third-order valence-electron chi connectivity index (χ3n) is 4.51. The van der Waals surface area contributed by atoms with Crippen LogP contribution in [0.1, 0.15) is 19.3 Å². The van der Waals surface area contributed by atoms with E-state index in [-0.39, 0.29) is 30.1 Å². The minimum absolute atomic E-state index is 0.117. The van der Waals surface area contributed by atoms with E-state index in [1.165, 1.54) is 4.90 Å². The van der Waals surface area contributed by atoms with E-state index in [0.717, 1.165) is 0 Å². The summed E-state index contributed by atoms with van der Waals surface area (Å²) in [7, 11) is 0. The number of rotatable bonds is 3. The molecule has 6 heteroatoms. The molecule has 1 aromatic rings. The van der Waals surface area contributed by atoms with Crippen molar-refractivity contribution >= 4 is 23.4 Å². The van der Waals surface area contributed by atoms with Crippen molar-refractivity contribution < 1.29 is 14.4 Å². The Morgan fingerprint density at radius 2 is 1.73 bits per heavy atom. The van der Waals surface area contributed by atoms with Gasteiger partial charge >= 0.3 is 0 Å². The topological polar surface area (TPSA) is 83.7 Å². The second kappa shape index (κ2) is 5.88. The number of nitrogens with two attached hydrogens (primary N) is 1. The molecule has 2 N–H and O–H groups in total. The molecular weight excluding hydrogens is 282 g/mol. The summed E-state index contributed by atoms with van der Waals surface area (Å²) >= 11 is 0. The zero-order valence-corrected chi connectivity index (χ0v) is 12.3. The number of hydrogen-bond acceptors (Lipinski definition) is 4. The quantitative estimate of drug-likeness (QED) is 0.825. The van der Waals surface area contributed by atoms with Crippen molar-refractivity contribution in [3.8, 4) is 0 Å². The number of likely N-dealkylation sites (tertiary alicyclic amines) is 1. The Balaban J connectivity index is 1.71. The molecule has 0 aliphatic carbocycles. The summed E-state index contributed by atoms with van der Waals surface area (Å²) in [5.74, 6) is -0.736. The first-order chi connectivity index (χ1) is 10.6. The SMILES string of the molecule is NC(=O)C1CCN(C2CC(=O)N(c3ccccc3)C2=O)CC1. The van der Waals surface area contributed by atoms with E-state index in [1.807, 2.05) is 23.1 Å². The summed E-state index contributed by atoms with van der Waals surface area (Å²) in [5, 5.41) is 0. The lowest BCUT2D eigenvalue weighted by molar-refractivity contribution is -0.124. The molecular formula is C16H19N3O3. The van der Waals surface area contributed by atoms with E-state index < -0.39 is 6.04 Å². The van der Waals surface area contributed by atoms with Crippen molar-refractivity contribution in [3.05, 3.63) is 30.3 Å². The molecule has 116 valence electrons. The maximum Gasteiger partial charge on any atom is 0.251 e. The maximum absolute atomic E-state index is 12.6. The molecule has 22 heavy (non-hydrogen) atoms. The molecule has 3 rings (SSSR count). The van der Waals surface area contributed by atoms with Crippen LogP contribution < -0.4 is 10.6 Å². The first-order valence-corrected chi connectivity index (χ1v) is 7.53. The molecule has 1 aromatic carbocycles. The number of para-hydroxylation sites is 1. The third-order valence-corrected chi connectivity index (χ3v) is 4.51. The first-order valence-electron chi connectivity index (χ1n) is 7.53. The molecule has 3 amide bonds. The molecule has 0 saturated carbocycles. The summed E-state index contributed by atoms with van der Waals surface area (Å²) in [4.78, 5) is 39.3. The van der Waals surface area contributed by atoms with Crippen molar-refractivity contribution in [1.29, 1.82) is 0 Å². The fourth-order valence-electron chi connectivity index (χ4n) is 3.25. The molecule has 2 saturated heterocycles. The van der Waals surface area contributed by atoms with Crippen LogP contribution in [-0.4, -0.2) is 41.8 Å². The summed E-state index contributed by atoms with van der Waals surface area (Å²) < 4.78 is 0. The van der Waals surface area contributed by atoms with Crippen molar-refractivity contribution in [2.45, 2.75) is 25.3 Å². The number of hydrogen-bond donors (Lipinski definition) is 1. The zero-order valence-electron chi connectivity index (χ0n) is 12.3. The predicted molar refractivity (Wildman–Crippen MR) is 80.8 cm³/mol. The standard InChI is InChI=1S/C16H19N3O3/c17-15(21)11-6-8-18(9-7-11)13-10-14(20)19(16(13)22)12-4-2-1-3-5-12/h1-5,11,13H,6-10H2,(H2,17,21). The van der Waals surface area contributed by atoms with Gasteiger partial charge in [-0.15, -0.1) is 0 Å². The van der Waals surface area contributed by atoms with Crippen LogP contribution in [0.5, 0.6) is 0 Å². The largest absolute Gasteiger partial charge is 0.369 e. The molecule has 0 spiro atoms. The third kappa shape index (κ3) is 2.62. The van der Waals surface area contributed by atoms with Crippen LogP contribution in [0.3, 0.4) is 0 Å². The van der Waals surface area contributed by atoms with Crippen LogP contribution in [0.2, 0.25) is 0 Å². The number of primary amides is 1. The zero-order chi connectivity index (χ0) is 15.7. The van der Waals surface area contributed by atoms with E-state index in [9.17, 15) is 14.4 Å². The molecule has 1 unspecified atom stereocenters. The number of carbonyl (C=O) groups is 3. The van der Waals surface area contributed by atoms with Gasteiger partial charge in [0.15, 0.2) is 0 Å². The minimum Gasteiger partial charge on any atom is -0.369 e. The van der Waals surface area contributed by atoms with Gasteiger partial charge in [0, 0.05) is 5.92 Å². The summed E-state index contributed by atoms with van der Waals surface area (Å²) in [5.41, 5.74) is 5.94. The van der Waals surface area contributed by atoms with Crippen LogP contribution in [0.4, 0.5) is 5.69 Å². The Labute approximate surface area is 128 Å². The molecule has 2 aliphatic heterocycles. The van der Waals surface area contributed by atoms with Crippen LogP contribution in [0.15, 0.2) is 30.3 Å². The summed E-state index contributed by atoms with van der Waals surface area (Å²) in [6.45, 7) is 1.25. The number of carbonyl (C=O) groups excluding carboxylic acids is 3. The molecule has 0 bridgehead atoms. The number of imide groups is 1.